The summed E-state index contributed by atoms with van der Waals surface area (Å²) in [5.74, 6) is 1.69. The van der Waals surface area contributed by atoms with Gasteiger partial charge in [0.05, 0.1) is 32.0 Å². The summed E-state index contributed by atoms with van der Waals surface area (Å²) < 4.78 is 12.8. The second-order valence-electron chi connectivity index (χ2n) is 7.28. The summed E-state index contributed by atoms with van der Waals surface area (Å²) in [6.07, 6.45) is 2.39. The monoisotopic (exact) mass is 371 g/mol. The number of rotatable bonds is 6. The molecule has 1 aliphatic heterocycles. The smallest absolute Gasteiger partial charge is 0.225 e. The number of methoxy groups -OCH3 is 2. The van der Waals surface area contributed by atoms with Crippen molar-refractivity contribution in [3.05, 3.63) is 41.2 Å². The van der Waals surface area contributed by atoms with Crippen LogP contribution in [0.1, 0.15) is 55.2 Å². The van der Waals surface area contributed by atoms with Crippen molar-refractivity contribution in [2.24, 2.45) is 0 Å². The maximum atomic E-state index is 13.1. The topological polar surface area (TPSA) is 56.6 Å². The Morgan fingerprint density at radius 2 is 2.04 bits per heavy atom. The van der Waals surface area contributed by atoms with Crippen LogP contribution in [0.5, 0.6) is 11.5 Å². The lowest BCUT2D eigenvalue weighted by Gasteiger charge is -2.28. The number of benzene rings is 1. The van der Waals surface area contributed by atoms with Gasteiger partial charge in [0, 0.05) is 30.3 Å². The van der Waals surface area contributed by atoms with E-state index in [0.29, 0.717) is 6.42 Å². The Kier molecular flexibility index (Phi) is 5.73. The molecular formula is C21H29N3O3. The van der Waals surface area contributed by atoms with Gasteiger partial charge in [0.15, 0.2) is 0 Å². The zero-order valence-corrected chi connectivity index (χ0v) is 16.9. The molecule has 2 aromatic rings. The summed E-state index contributed by atoms with van der Waals surface area (Å²) in [7, 11) is 3.30. The molecule has 2 heterocycles. The first-order valence-corrected chi connectivity index (χ1v) is 9.48. The normalized spacial score (nSPS) is 17.8. The predicted molar refractivity (Wildman–Crippen MR) is 104 cm³/mol. The highest BCUT2D eigenvalue weighted by Gasteiger charge is 2.32. The molecule has 0 N–H and O–H groups in total. The Bertz CT molecular complexity index is 815. The summed E-state index contributed by atoms with van der Waals surface area (Å²) in [6.45, 7) is 6.84. The van der Waals surface area contributed by atoms with Gasteiger partial charge < -0.3 is 14.4 Å². The number of carbonyl (C=O) groups excluding carboxylic acids is 1. The third kappa shape index (κ3) is 3.94. The molecule has 0 bridgehead atoms. The Hall–Kier alpha value is -2.50. The van der Waals surface area contributed by atoms with E-state index in [2.05, 4.69) is 12.0 Å². The van der Waals surface area contributed by atoms with Gasteiger partial charge in [0.25, 0.3) is 0 Å². The molecule has 0 unspecified atom stereocenters. The van der Waals surface area contributed by atoms with Crippen molar-refractivity contribution >= 4 is 5.91 Å². The second kappa shape index (κ2) is 8.03. The molecule has 2 atom stereocenters. The number of nitrogens with zero attached hydrogens (tertiary/aromatic N) is 3. The number of aryl methyl sites for hydroxylation is 2. The van der Waals surface area contributed by atoms with Crippen molar-refractivity contribution in [3.63, 3.8) is 0 Å². The van der Waals surface area contributed by atoms with E-state index < -0.39 is 0 Å². The lowest BCUT2D eigenvalue weighted by atomic mass is 10.0. The van der Waals surface area contributed by atoms with Gasteiger partial charge in [0.1, 0.15) is 11.5 Å². The van der Waals surface area contributed by atoms with Crippen molar-refractivity contribution in [2.45, 2.75) is 52.1 Å². The Morgan fingerprint density at radius 1 is 1.26 bits per heavy atom. The number of likely N-dealkylation sites (tertiary alicyclic amines) is 1. The summed E-state index contributed by atoms with van der Waals surface area (Å²) in [4.78, 5) is 15.1. The van der Waals surface area contributed by atoms with E-state index in [0.717, 1.165) is 47.8 Å². The molecule has 3 rings (SSSR count). The quantitative estimate of drug-likeness (QED) is 0.774. The number of ether oxygens (including phenoxy) is 2. The van der Waals surface area contributed by atoms with E-state index in [1.807, 2.05) is 47.7 Å². The fourth-order valence-electron chi connectivity index (χ4n) is 4.03. The fourth-order valence-corrected chi connectivity index (χ4v) is 4.03. The number of hydrogen-bond donors (Lipinski definition) is 0. The maximum Gasteiger partial charge on any atom is 0.225 e. The van der Waals surface area contributed by atoms with Gasteiger partial charge in [-0.25, -0.2) is 0 Å². The number of carbonyl (C=O) groups is 1. The van der Waals surface area contributed by atoms with Crippen LogP contribution in [0.25, 0.3) is 0 Å². The molecule has 6 nitrogen and oxygen atoms in total. The average Bonchev–Trinajstić information content (AvgIpc) is 3.27. The van der Waals surface area contributed by atoms with Crippen LogP contribution in [0.4, 0.5) is 0 Å². The molecule has 1 amide bonds. The zero-order valence-electron chi connectivity index (χ0n) is 16.9. The molecule has 0 spiro atoms. The highest BCUT2D eigenvalue weighted by atomic mass is 16.5. The Labute approximate surface area is 161 Å². The van der Waals surface area contributed by atoms with E-state index in [9.17, 15) is 4.79 Å². The Balaban J connectivity index is 1.78. The summed E-state index contributed by atoms with van der Waals surface area (Å²) in [5.41, 5.74) is 3.11. The second-order valence-corrected chi connectivity index (χ2v) is 7.28. The third-order valence-corrected chi connectivity index (χ3v) is 5.30. The lowest BCUT2D eigenvalue weighted by molar-refractivity contribution is -0.133. The number of aromatic nitrogens is 2. The van der Waals surface area contributed by atoms with Gasteiger partial charge in [0.2, 0.25) is 5.91 Å². The van der Waals surface area contributed by atoms with Gasteiger partial charge in [-0.05, 0) is 51.8 Å². The molecule has 0 radical (unpaired) electrons. The molecule has 6 heteroatoms. The largest absolute Gasteiger partial charge is 0.497 e. The Morgan fingerprint density at radius 3 is 2.67 bits per heavy atom. The van der Waals surface area contributed by atoms with Crippen LogP contribution in [0.15, 0.2) is 24.3 Å². The first-order chi connectivity index (χ1) is 12.9. The van der Waals surface area contributed by atoms with Gasteiger partial charge >= 0.3 is 0 Å². The van der Waals surface area contributed by atoms with E-state index in [4.69, 9.17) is 9.47 Å². The van der Waals surface area contributed by atoms with E-state index in [-0.39, 0.29) is 18.0 Å². The van der Waals surface area contributed by atoms with Crippen molar-refractivity contribution in [1.82, 2.24) is 14.7 Å². The first kappa shape index (κ1) is 19.3. The predicted octanol–water partition coefficient (Wildman–Crippen LogP) is 3.83. The van der Waals surface area contributed by atoms with Crippen molar-refractivity contribution < 1.29 is 14.3 Å². The maximum absolute atomic E-state index is 13.1. The molecule has 1 aromatic heterocycles. The fraction of sp³-hybridized carbons (Fsp3) is 0.524. The van der Waals surface area contributed by atoms with Crippen LogP contribution in [0, 0.1) is 13.8 Å². The summed E-state index contributed by atoms with van der Waals surface area (Å²) >= 11 is 0. The summed E-state index contributed by atoms with van der Waals surface area (Å²) in [6, 6.07) is 7.95. The van der Waals surface area contributed by atoms with Crippen LogP contribution < -0.4 is 9.47 Å². The molecular weight excluding hydrogens is 342 g/mol. The van der Waals surface area contributed by atoms with Crippen LogP contribution in [-0.2, 0) is 4.79 Å². The number of hydrogen-bond acceptors (Lipinski definition) is 4. The minimum atomic E-state index is 0.0326. The summed E-state index contributed by atoms with van der Waals surface area (Å²) in [5, 5.41) is 4.53. The molecule has 1 aliphatic rings. The molecule has 146 valence electrons. The minimum Gasteiger partial charge on any atom is -0.497 e. The van der Waals surface area contributed by atoms with Gasteiger partial charge in [-0.15, -0.1) is 0 Å². The van der Waals surface area contributed by atoms with Crippen molar-refractivity contribution in [1.29, 1.82) is 0 Å². The zero-order chi connectivity index (χ0) is 19.6. The van der Waals surface area contributed by atoms with Crippen LogP contribution >= 0.6 is 0 Å². The SMILES string of the molecule is COc1ccc([C@H]2CCCN2C(=O)C[C@@H](C)n2nc(C)cc2C)c(OC)c1. The van der Waals surface area contributed by atoms with E-state index in [1.54, 1.807) is 14.2 Å². The highest BCUT2D eigenvalue weighted by molar-refractivity contribution is 5.77. The van der Waals surface area contributed by atoms with Crippen LogP contribution in [0.3, 0.4) is 0 Å². The van der Waals surface area contributed by atoms with Crippen LogP contribution in [-0.4, -0.2) is 41.4 Å². The van der Waals surface area contributed by atoms with Gasteiger partial charge in [-0.2, -0.15) is 5.10 Å². The van der Waals surface area contributed by atoms with Crippen molar-refractivity contribution in [3.8, 4) is 11.5 Å². The van der Waals surface area contributed by atoms with E-state index >= 15 is 0 Å². The number of amides is 1. The minimum absolute atomic E-state index is 0.0326. The highest BCUT2D eigenvalue weighted by Crippen LogP contribution is 2.39. The first-order valence-electron chi connectivity index (χ1n) is 9.48. The lowest BCUT2D eigenvalue weighted by Crippen LogP contribution is -2.32. The molecule has 0 saturated carbocycles. The standard InChI is InChI=1S/C21H29N3O3/c1-14-11-15(2)24(22-14)16(3)12-21(25)23-10-6-7-19(23)18-9-8-17(26-4)13-20(18)27-5/h8-9,11,13,16,19H,6-7,10,12H2,1-5H3/t16-,19-/m1/s1. The molecule has 27 heavy (non-hydrogen) atoms. The third-order valence-electron chi connectivity index (χ3n) is 5.30. The molecule has 1 aromatic carbocycles. The van der Waals surface area contributed by atoms with E-state index in [1.165, 1.54) is 0 Å². The molecule has 1 fully saturated rings. The van der Waals surface area contributed by atoms with Gasteiger partial charge in [-0.1, -0.05) is 0 Å². The van der Waals surface area contributed by atoms with Crippen molar-refractivity contribution in [2.75, 3.05) is 20.8 Å². The van der Waals surface area contributed by atoms with Crippen LogP contribution in [0.2, 0.25) is 0 Å². The molecule has 1 saturated heterocycles. The average molecular weight is 371 g/mol. The molecule has 0 aliphatic carbocycles. The van der Waals surface area contributed by atoms with Gasteiger partial charge in [-0.3, -0.25) is 9.48 Å².